The van der Waals surface area contributed by atoms with Crippen LogP contribution < -0.4 is 4.74 Å². The molecule has 0 amide bonds. The predicted molar refractivity (Wildman–Crippen MR) is 43.4 cm³/mol. The number of hydrogen-bond donors (Lipinski definition) is 0. The van der Waals surface area contributed by atoms with Crippen LogP contribution in [-0.2, 0) is 0 Å². The lowest BCUT2D eigenvalue weighted by Gasteiger charge is -2.05. The summed E-state index contributed by atoms with van der Waals surface area (Å²) in [5.41, 5.74) is -0.749. The van der Waals surface area contributed by atoms with E-state index >= 15 is 0 Å². The quantitative estimate of drug-likeness (QED) is 0.759. The summed E-state index contributed by atoms with van der Waals surface area (Å²) >= 11 is 2.73. The zero-order valence-electron chi connectivity index (χ0n) is 6.52. The highest BCUT2D eigenvalue weighted by atomic mass is 79.9. The maximum absolute atomic E-state index is 12.9. The van der Waals surface area contributed by atoms with Crippen LogP contribution >= 0.6 is 15.9 Å². The van der Waals surface area contributed by atoms with Crippen LogP contribution in [0.3, 0.4) is 0 Å². The number of nitrogens with zero attached hydrogens (tertiary/aromatic N) is 1. The third-order valence-corrected chi connectivity index (χ3v) is 1.97. The molecule has 0 N–H and O–H groups in total. The molecule has 0 saturated heterocycles. The maximum atomic E-state index is 12.9. The molecule has 13 heavy (non-hydrogen) atoms. The Bertz CT molecular complexity index is 296. The molecule has 6 heteroatoms. The van der Waals surface area contributed by atoms with Crippen LogP contribution in [0.15, 0.2) is 10.7 Å². The van der Waals surface area contributed by atoms with Gasteiger partial charge in [0.05, 0.1) is 12.7 Å². The molecule has 0 unspecified atom stereocenters. The van der Waals surface area contributed by atoms with Gasteiger partial charge in [-0.3, -0.25) is 0 Å². The van der Waals surface area contributed by atoms with Crippen molar-refractivity contribution >= 4 is 15.9 Å². The van der Waals surface area contributed by atoms with Crippen LogP contribution in [0.2, 0.25) is 0 Å². The van der Waals surface area contributed by atoms with Gasteiger partial charge in [0.2, 0.25) is 5.88 Å². The zero-order chi connectivity index (χ0) is 10.0. The normalized spacial score (nSPS) is 10.6. The fourth-order valence-corrected chi connectivity index (χ4v) is 1.31. The van der Waals surface area contributed by atoms with Crippen molar-refractivity contribution in [3.63, 3.8) is 0 Å². The summed E-state index contributed by atoms with van der Waals surface area (Å²) in [7, 11) is 1.27. The lowest BCUT2D eigenvalue weighted by molar-refractivity contribution is 0.144. The molecule has 0 radical (unpaired) electrons. The van der Waals surface area contributed by atoms with Crippen molar-refractivity contribution in [2.24, 2.45) is 0 Å². The summed E-state index contributed by atoms with van der Waals surface area (Å²) in [6.07, 6.45) is -2.90. The molecule has 0 atom stereocenters. The molecule has 1 aromatic heterocycles. The van der Waals surface area contributed by atoms with Gasteiger partial charge >= 0.3 is 0 Å². The third kappa shape index (κ3) is 2.12. The van der Waals surface area contributed by atoms with E-state index in [0.717, 1.165) is 6.07 Å². The lowest BCUT2D eigenvalue weighted by atomic mass is 10.3. The van der Waals surface area contributed by atoms with Gasteiger partial charge in [-0.2, -0.15) is 0 Å². The van der Waals surface area contributed by atoms with Crippen molar-refractivity contribution in [2.75, 3.05) is 7.11 Å². The Morgan fingerprint density at radius 2 is 2.15 bits per heavy atom. The molecule has 0 aliphatic rings. The summed E-state index contributed by atoms with van der Waals surface area (Å²) in [6.45, 7) is 0. The molecule has 1 heterocycles. The van der Waals surface area contributed by atoms with Crippen molar-refractivity contribution in [3.8, 4) is 5.88 Å². The number of pyridine rings is 1. The number of aromatic nitrogens is 1. The fourth-order valence-electron chi connectivity index (χ4n) is 0.773. The van der Waals surface area contributed by atoms with Gasteiger partial charge in [0.25, 0.3) is 6.43 Å². The largest absolute Gasteiger partial charge is 0.481 e. The molecular formula is C7H5BrF3NO. The first-order chi connectivity index (χ1) is 6.06. The summed E-state index contributed by atoms with van der Waals surface area (Å²) in [5.74, 6) is -1.08. The Morgan fingerprint density at radius 1 is 1.54 bits per heavy atom. The first-order valence-corrected chi connectivity index (χ1v) is 4.03. The predicted octanol–water partition coefficient (Wildman–Crippen LogP) is 2.93. The second-order valence-corrected chi connectivity index (χ2v) is 2.90. The molecule has 1 rings (SSSR count). The van der Waals surface area contributed by atoms with E-state index in [-0.39, 0.29) is 10.5 Å². The number of methoxy groups -OCH3 is 1. The van der Waals surface area contributed by atoms with Crippen molar-refractivity contribution in [2.45, 2.75) is 6.43 Å². The SMILES string of the molecule is COc1cc(F)c(C(F)F)c(Br)n1. The fraction of sp³-hybridized carbons (Fsp3) is 0.286. The minimum atomic E-state index is -2.90. The number of hydrogen-bond acceptors (Lipinski definition) is 2. The van der Waals surface area contributed by atoms with Crippen molar-refractivity contribution < 1.29 is 17.9 Å². The van der Waals surface area contributed by atoms with Gasteiger partial charge in [-0.15, -0.1) is 0 Å². The average Bonchev–Trinajstić information content (AvgIpc) is 2.02. The second-order valence-electron chi connectivity index (χ2n) is 2.15. The van der Waals surface area contributed by atoms with Crippen molar-refractivity contribution in [3.05, 3.63) is 22.1 Å². The second kappa shape index (κ2) is 3.95. The Kier molecular flexibility index (Phi) is 3.13. The Morgan fingerprint density at radius 3 is 2.54 bits per heavy atom. The van der Waals surface area contributed by atoms with Crippen LogP contribution in [0, 0.1) is 5.82 Å². The third-order valence-electron chi connectivity index (χ3n) is 1.37. The molecule has 0 spiro atoms. The van der Waals surface area contributed by atoms with Gasteiger partial charge in [0.15, 0.2) is 0 Å². The van der Waals surface area contributed by atoms with E-state index in [1.807, 2.05) is 0 Å². The van der Waals surface area contributed by atoms with Crippen molar-refractivity contribution in [1.82, 2.24) is 4.98 Å². The summed E-state index contributed by atoms with van der Waals surface area (Å²) in [6, 6.07) is 0.812. The zero-order valence-corrected chi connectivity index (χ0v) is 8.11. The number of ether oxygens (including phenoxy) is 1. The van der Waals surface area contributed by atoms with Gasteiger partial charge in [-0.25, -0.2) is 18.2 Å². The minimum Gasteiger partial charge on any atom is -0.481 e. The van der Waals surface area contributed by atoms with Crippen LogP contribution in [0.5, 0.6) is 5.88 Å². The summed E-state index contributed by atoms with van der Waals surface area (Å²) in [4.78, 5) is 3.55. The Labute approximate surface area is 80.9 Å². The van der Waals surface area contributed by atoms with Gasteiger partial charge in [-0.1, -0.05) is 0 Å². The molecule has 0 saturated carbocycles. The molecule has 0 aliphatic heterocycles. The highest BCUT2D eigenvalue weighted by Crippen LogP contribution is 2.30. The summed E-state index contributed by atoms with van der Waals surface area (Å²) < 4.78 is 41.6. The first kappa shape index (κ1) is 10.3. The maximum Gasteiger partial charge on any atom is 0.269 e. The van der Waals surface area contributed by atoms with Gasteiger partial charge in [-0.05, 0) is 15.9 Å². The van der Waals surface area contributed by atoms with E-state index < -0.39 is 17.8 Å². The van der Waals surface area contributed by atoms with E-state index in [0.29, 0.717) is 0 Å². The van der Waals surface area contributed by atoms with E-state index in [2.05, 4.69) is 25.7 Å². The number of halogens is 4. The topological polar surface area (TPSA) is 22.1 Å². The molecule has 1 aromatic rings. The standard InChI is InChI=1S/C7H5BrF3NO/c1-13-4-2-3(9)5(7(10)11)6(8)12-4/h2,7H,1H3. The molecule has 0 bridgehead atoms. The van der Waals surface area contributed by atoms with Crippen LogP contribution in [0.4, 0.5) is 13.2 Å². The van der Waals surface area contributed by atoms with E-state index in [4.69, 9.17) is 0 Å². The molecule has 0 aromatic carbocycles. The van der Waals surface area contributed by atoms with Gasteiger partial charge in [0, 0.05) is 6.07 Å². The Hall–Kier alpha value is -0.780. The lowest BCUT2D eigenvalue weighted by Crippen LogP contribution is -1.98. The van der Waals surface area contributed by atoms with Crippen LogP contribution in [0.1, 0.15) is 12.0 Å². The molecular weight excluding hydrogens is 251 g/mol. The van der Waals surface area contributed by atoms with E-state index in [9.17, 15) is 13.2 Å². The van der Waals surface area contributed by atoms with E-state index in [1.54, 1.807) is 0 Å². The van der Waals surface area contributed by atoms with Gasteiger partial charge in [0.1, 0.15) is 10.4 Å². The van der Waals surface area contributed by atoms with Crippen LogP contribution in [0.25, 0.3) is 0 Å². The molecule has 0 fully saturated rings. The highest BCUT2D eigenvalue weighted by Gasteiger charge is 2.19. The first-order valence-electron chi connectivity index (χ1n) is 3.24. The summed E-state index contributed by atoms with van der Waals surface area (Å²) in [5, 5.41) is 0. The number of alkyl halides is 2. The highest BCUT2D eigenvalue weighted by molar-refractivity contribution is 9.10. The monoisotopic (exact) mass is 255 g/mol. The van der Waals surface area contributed by atoms with Crippen molar-refractivity contribution in [1.29, 1.82) is 0 Å². The molecule has 72 valence electrons. The van der Waals surface area contributed by atoms with Crippen LogP contribution in [-0.4, -0.2) is 12.1 Å². The Balaban J connectivity index is 3.23. The van der Waals surface area contributed by atoms with E-state index in [1.165, 1.54) is 7.11 Å². The molecule has 2 nitrogen and oxygen atoms in total. The average molecular weight is 256 g/mol. The smallest absolute Gasteiger partial charge is 0.269 e. The van der Waals surface area contributed by atoms with Gasteiger partial charge < -0.3 is 4.74 Å². The molecule has 0 aliphatic carbocycles. The number of rotatable bonds is 2. The minimum absolute atomic E-state index is 0.0474.